The van der Waals surface area contributed by atoms with E-state index in [1.165, 1.54) is 19.1 Å². The monoisotopic (exact) mass is 407 g/mol. The molecule has 1 aromatic rings. The normalized spacial score (nSPS) is 21.6. The summed E-state index contributed by atoms with van der Waals surface area (Å²) in [6.45, 7) is 2.74. The molecular weight excluding hydrogens is 374 g/mol. The number of hydrogen-bond acceptors (Lipinski definition) is 6. The van der Waals surface area contributed by atoms with Gasteiger partial charge in [-0.15, -0.1) is 0 Å². The summed E-state index contributed by atoms with van der Waals surface area (Å²) in [7, 11) is 4.75. The molecule has 1 aliphatic rings. The molecule has 0 aromatic heterocycles. The van der Waals surface area contributed by atoms with Gasteiger partial charge in [-0.2, -0.15) is 0 Å². The van der Waals surface area contributed by atoms with Gasteiger partial charge >= 0.3 is 0 Å². The Morgan fingerprint density at radius 1 is 1.24 bits per heavy atom. The fourth-order valence-electron chi connectivity index (χ4n) is 3.55. The number of methoxy groups -OCH3 is 2. The van der Waals surface area contributed by atoms with Gasteiger partial charge in [0, 0.05) is 46.3 Å². The molecule has 1 amide bonds. The van der Waals surface area contributed by atoms with Crippen LogP contribution in [-0.4, -0.2) is 69.5 Å². The van der Waals surface area contributed by atoms with E-state index in [1.807, 2.05) is 43.3 Å². The van der Waals surface area contributed by atoms with Gasteiger partial charge in [0.25, 0.3) is 5.91 Å². The van der Waals surface area contributed by atoms with E-state index in [0.29, 0.717) is 13.0 Å². The molecule has 3 atom stereocenters. The van der Waals surface area contributed by atoms with Gasteiger partial charge in [-0.25, -0.2) is 0 Å². The van der Waals surface area contributed by atoms with E-state index in [0.717, 1.165) is 12.0 Å². The van der Waals surface area contributed by atoms with Crippen molar-refractivity contribution >= 4 is 5.91 Å². The van der Waals surface area contributed by atoms with E-state index in [2.05, 4.69) is 0 Å². The zero-order valence-electron chi connectivity index (χ0n) is 17.7. The maximum absolute atomic E-state index is 13.0. The molecule has 0 spiro atoms. The molecule has 0 aliphatic carbocycles. The van der Waals surface area contributed by atoms with Crippen LogP contribution in [0.3, 0.4) is 0 Å². The third-order valence-corrected chi connectivity index (χ3v) is 5.10. The fourth-order valence-corrected chi connectivity index (χ4v) is 3.55. The lowest BCUT2D eigenvalue weighted by molar-refractivity contribution is -0.172. The number of ether oxygens (including phenoxy) is 4. The van der Waals surface area contributed by atoms with Crippen LogP contribution >= 0.6 is 0 Å². The maximum Gasteiger partial charge on any atom is 0.288 e. The molecule has 162 valence electrons. The summed E-state index contributed by atoms with van der Waals surface area (Å²) in [5.74, 6) is -0.0561. The highest BCUT2D eigenvalue weighted by Gasteiger charge is 2.38. The Labute approximate surface area is 173 Å². The topological polar surface area (TPSA) is 77.5 Å². The van der Waals surface area contributed by atoms with Crippen molar-refractivity contribution in [3.05, 3.63) is 47.7 Å². The minimum atomic E-state index is -0.560. The molecule has 1 aliphatic heterocycles. The third-order valence-electron chi connectivity index (χ3n) is 5.10. The first kappa shape index (κ1) is 23.3. The van der Waals surface area contributed by atoms with Crippen LogP contribution in [0.5, 0.6) is 0 Å². The number of nitrogens with zero attached hydrogens (tertiary/aromatic N) is 1. The minimum absolute atomic E-state index is 0.00273. The highest BCUT2D eigenvalue weighted by Crippen LogP contribution is 2.39. The number of aliphatic hydroxyl groups excluding tert-OH is 1. The molecule has 0 bridgehead atoms. The molecule has 1 N–H and O–H groups in total. The first-order chi connectivity index (χ1) is 14.0. The molecule has 7 nitrogen and oxygen atoms in total. The van der Waals surface area contributed by atoms with E-state index in [4.69, 9.17) is 18.9 Å². The summed E-state index contributed by atoms with van der Waals surface area (Å²) in [5.41, 5.74) is 1.09. The van der Waals surface area contributed by atoms with Crippen LogP contribution in [0.4, 0.5) is 0 Å². The Morgan fingerprint density at radius 3 is 2.52 bits per heavy atom. The van der Waals surface area contributed by atoms with Crippen LogP contribution in [0.25, 0.3) is 0 Å². The molecule has 0 unspecified atom stereocenters. The molecule has 2 rings (SSSR count). The Morgan fingerprint density at radius 2 is 1.93 bits per heavy atom. The van der Waals surface area contributed by atoms with Crippen LogP contribution in [0.2, 0.25) is 0 Å². The largest absolute Gasteiger partial charge is 0.459 e. The number of aliphatic hydroxyl groups is 1. The first-order valence-corrected chi connectivity index (χ1v) is 10.0. The second-order valence-corrected chi connectivity index (χ2v) is 7.03. The summed E-state index contributed by atoms with van der Waals surface area (Å²) in [6.07, 6.45) is 2.17. The average molecular weight is 408 g/mol. The molecule has 7 heteroatoms. The Hall–Kier alpha value is -1.93. The SMILES string of the molecule is CCO[C@H]1OC(C(=O)N(C)CC(OC)OC)=C[C@@H](c2ccccc2)[C@H]1CCCO. The molecule has 1 heterocycles. The Balaban J connectivity index is 2.33. The lowest BCUT2D eigenvalue weighted by Crippen LogP contribution is -2.41. The van der Waals surface area contributed by atoms with Crippen molar-refractivity contribution in [1.29, 1.82) is 0 Å². The Bertz CT molecular complexity index is 646. The van der Waals surface area contributed by atoms with E-state index in [9.17, 15) is 9.90 Å². The van der Waals surface area contributed by atoms with Crippen LogP contribution in [-0.2, 0) is 23.7 Å². The second kappa shape index (κ2) is 11.9. The lowest BCUT2D eigenvalue weighted by Gasteiger charge is -2.37. The van der Waals surface area contributed by atoms with Crippen LogP contribution in [0, 0.1) is 5.92 Å². The average Bonchev–Trinajstić information content (AvgIpc) is 2.76. The standard InChI is InChI=1S/C22H33NO6/c1-5-28-22-17(12-9-13-24)18(16-10-7-6-8-11-16)14-19(29-22)21(25)23(2)15-20(26-3)27-4/h6-8,10-11,14,17-18,20,22,24H,5,9,12-13,15H2,1-4H3/t17-,18+,22+/m1/s1. The van der Waals surface area contributed by atoms with Crippen molar-refractivity contribution in [2.24, 2.45) is 5.92 Å². The minimum Gasteiger partial charge on any atom is -0.459 e. The summed E-state index contributed by atoms with van der Waals surface area (Å²) in [6, 6.07) is 10.0. The van der Waals surface area contributed by atoms with Crippen molar-refractivity contribution in [2.75, 3.05) is 41.0 Å². The number of allylic oxidation sites excluding steroid dienone is 1. The van der Waals surface area contributed by atoms with Gasteiger partial charge in [0.1, 0.15) is 0 Å². The molecule has 1 aromatic carbocycles. The molecule has 0 radical (unpaired) electrons. The number of hydrogen-bond donors (Lipinski definition) is 1. The summed E-state index contributed by atoms with van der Waals surface area (Å²) in [4.78, 5) is 14.6. The molecular formula is C22H33NO6. The van der Waals surface area contributed by atoms with E-state index in [-0.39, 0.29) is 36.7 Å². The first-order valence-electron chi connectivity index (χ1n) is 10.0. The predicted octanol–water partition coefficient (Wildman–Crippen LogP) is 2.51. The van der Waals surface area contributed by atoms with Crippen molar-refractivity contribution < 1.29 is 28.8 Å². The second-order valence-electron chi connectivity index (χ2n) is 7.03. The smallest absolute Gasteiger partial charge is 0.288 e. The van der Waals surface area contributed by atoms with E-state index in [1.54, 1.807) is 7.05 Å². The van der Waals surface area contributed by atoms with Crippen molar-refractivity contribution in [3.8, 4) is 0 Å². The lowest BCUT2D eigenvalue weighted by atomic mass is 9.80. The maximum atomic E-state index is 13.0. The number of benzene rings is 1. The fraction of sp³-hybridized carbons (Fsp3) is 0.591. The number of carbonyl (C=O) groups excluding carboxylic acids is 1. The van der Waals surface area contributed by atoms with Gasteiger partial charge in [0.15, 0.2) is 12.0 Å². The van der Waals surface area contributed by atoms with E-state index >= 15 is 0 Å². The zero-order valence-corrected chi connectivity index (χ0v) is 17.7. The quantitative estimate of drug-likeness (QED) is 0.568. The highest BCUT2D eigenvalue weighted by molar-refractivity contribution is 5.91. The van der Waals surface area contributed by atoms with Gasteiger partial charge in [-0.1, -0.05) is 30.3 Å². The predicted molar refractivity (Wildman–Crippen MR) is 109 cm³/mol. The molecule has 0 fully saturated rings. The van der Waals surface area contributed by atoms with E-state index < -0.39 is 12.6 Å². The van der Waals surface area contributed by atoms with Crippen molar-refractivity contribution in [3.63, 3.8) is 0 Å². The summed E-state index contributed by atoms with van der Waals surface area (Å²) >= 11 is 0. The third kappa shape index (κ3) is 6.27. The van der Waals surface area contributed by atoms with Crippen LogP contribution in [0.15, 0.2) is 42.2 Å². The number of rotatable bonds is 11. The highest BCUT2D eigenvalue weighted by atomic mass is 16.7. The molecule has 0 saturated heterocycles. The van der Waals surface area contributed by atoms with Gasteiger partial charge in [0.2, 0.25) is 6.29 Å². The van der Waals surface area contributed by atoms with Gasteiger partial charge in [-0.3, -0.25) is 4.79 Å². The zero-order chi connectivity index (χ0) is 21.2. The van der Waals surface area contributed by atoms with Crippen molar-refractivity contribution in [2.45, 2.75) is 38.3 Å². The van der Waals surface area contributed by atoms with Crippen LogP contribution < -0.4 is 0 Å². The number of carbonyl (C=O) groups is 1. The summed E-state index contributed by atoms with van der Waals surface area (Å²) < 4.78 is 22.3. The van der Waals surface area contributed by atoms with Gasteiger partial charge < -0.3 is 29.0 Å². The number of amides is 1. The van der Waals surface area contributed by atoms with Crippen molar-refractivity contribution in [1.82, 2.24) is 4.90 Å². The Kier molecular flexibility index (Phi) is 9.60. The molecule has 0 saturated carbocycles. The summed E-state index contributed by atoms with van der Waals surface area (Å²) in [5, 5.41) is 9.33. The van der Waals surface area contributed by atoms with Gasteiger partial charge in [0.05, 0.1) is 6.54 Å². The van der Waals surface area contributed by atoms with Gasteiger partial charge in [-0.05, 0) is 31.4 Å². The number of likely N-dealkylation sites (N-methyl/N-ethyl adjacent to an activating group) is 1. The van der Waals surface area contributed by atoms with Crippen LogP contribution in [0.1, 0.15) is 31.2 Å². The molecule has 29 heavy (non-hydrogen) atoms.